The van der Waals surface area contributed by atoms with Crippen molar-refractivity contribution in [3.05, 3.63) is 0 Å². The van der Waals surface area contributed by atoms with Crippen LogP contribution in [0.4, 0.5) is 0 Å². The second-order valence-electron chi connectivity index (χ2n) is 4.20. The van der Waals surface area contributed by atoms with E-state index in [0.717, 1.165) is 13.0 Å². The zero-order valence-electron chi connectivity index (χ0n) is 8.77. The lowest BCUT2D eigenvalue weighted by Gasteiger charge is -2.18. The van der Waals surface area contributed by atoms with Gasteiger partial charge in [-0.1, -0.05) is 13.8 Å². The van der Waals surface area contributed by atoms with Crippen molar-refractivity contribution in [3.8, 4) is 6.07 Å². The van der Waals surface area contributed by atoms with Crippen molar-refractivity contribution in [1.29, 1.82) is 5.26 Å². The third-order valence-electron chi connectivity index (χ3n) is 3.30. The second kappa shape index (κ2) is 4.62. The predicted molar refractivity (Wildman–Crippen MR) is 54.3 cm³/mol. The van der Waals surface area contributed by atoms with E-state index in [-0.39, 0.29) is 0 Å². The normalized spacial score (nSPS) is 20.7. The molecule has 1 saturated carbocycles. The molecular weight excluding hydrogens is 160 g/mol. The highest BCUT2D eigenvalue weighted by Gasteiger charge is 2.40. The smallest absolute Gasteiger partial charge is 0.0638 e. The van der Waals surface area contributed by atoms with Gasteiger partial charge in [0.05, 0.1) is 12.5 Å². The van der Waals surface area contributed by atoms with Gasteiger partial charge < -0.3 is 5.32 Å². The lowest BCUT2D eigenvalue weighted by molar-refractivity contribution is 0.395. The summed E-state index contributed by atoms with van der Waals surface area (Å²) in [5.74, 6) is 0. The molecule has 0 radical (unpaired) electrons. The Balaban J connectivity index is 2.20. The molecule has 1 aliphatic carbocycles. The van der Waals surface area contributed by atoms with Crippen LogP contribution in [0.2, 0.25) is 0 Å². The Morgan fingerprint density at radius 2 is 2.15 bits per heavy atom. The largest absolute Gasteiger partial charge is 0.312 e. The van der Waals surface area contributed by atoms with Gasteiger partial charge in [0.15, 0.2) is 0 Å². The third-order valence-corrected chi connectivity index (χ3v) is 3.30. The van der Waals surface area contributed by atoms with Crippen LogP contribution in [0.15, 0.2) is 0 Å². The second-order valence-corrected chi connectivity index (χ2v) is 4.20. The van der Waals surface area contributed by atoms with Crippen LogP contribution >= 0.6 is 0 Å². The molecule has 0 aromatic heterocycles. The fourth-order valence-corrected chi connectivity index (χ4v) is 1.66. The molecular formula is C11H20N2. The summed E-state index contributed by atoms with van der Waals surface area (Å²) in [6.07, 6.45) is 5.74. The Hall–Kier alpha value is -0.550. The van der Waals surface area contributed by atoms with Crippen molar-refractivity contribution in [3.63, 3.8) is 0 Å². The van der Waals surface area contributed by atoms with E-state index in [1.807, 2.05) is 0 Å². The molecule has 0 spiro atoms. The summed E-state index contributed by atoms with van der Waals surface area (Å²) in [5, 5.41) is 12.1. The van der Waals surface area contributed by atoms with Crippen LogP contribution in [0.25, 0.3) is 0 Å². The summed E-state index contributed by atoms with van der Waals surface area (Å²) in [5.41, 5.74) is 0.600. The van der Waals surface area contributed by atoms with Crippen molar-refractivity contribution >= 4 is 0 Å². The van der Waals surface area contributed by atoms with E-state index >= 15 is 0 Å². The Labute approximate surface area is 81.3 Å². The van der Waals surface area contributed by atoms with E-state index in [0.29, 0.717) is 17.9 Å². The van der Waals surface area contributed by atoms with Crippen molar-refractivity contribution in [2.75, 3.05) is 6.54 Å². The average Bonchev–Trinajstić information content (AvgIpc) is 2.93. The molecule has 0 bridgehead atoms. The molecule has 1 rings (SSSR count). The first kappa shape index (κ1) is 10.5. The minimum atomic E-state index is 0.411. The first-order valence-electron chi connectivity index (χ1n) is 5.36. The van der Waals surface area contributed by atoms with E-state index < -0.39 is 0 Å². The minimum Gasteiger partial charge on any atom is -0.312 e. The summed E-state index contributed by atoms with van der Waals surface area (Å²) >= 11 is 0. The molecule has 74 valence electrons. The molecule has 1 atom stereocenters. The molecule has 0 amide bonds. The van der Waals surface area contributed by atoms with Gasteiger partial charge in [0, 0.05) is 12.6 Å². The maximum atomic E-state index is 8.58. The van der Waals surface area contributed by atoms with Gasteiger partial charge in [-0.15, -0.1) is 0 Å². The summed E-state index contributed by atoms with van der Waals surface area (Å²) in [6, 6.07) is 2.64. The monoisotopic (exact) mass is 180 g/mol. The number of hydrogen-bond acceptors (Lipinski definition) is 2. The Morgan fingerprint density at radius 3 is 2.54 bits per heavy atom. The van der Waals surface area contributed by atoms with Gasteiger partial charge in [-0.25, -0.2) is 0 Å². The first-order chi connectivity index (χ1) is 6.26. The van der Waals surface area contributed by atoms with Crippen molar-refractivity contribution in [1.82, 2.24) is 5.32 Å². The number of nitrogens with one attached hydrogen (secondary N) is 1. The van der Waals surface area contributed by atoms with Crippen LogP contribution in [-0.2, 0) is 0 Å². The van der Waals surface area contributed by atoms with Crippen LogP contribution in [0, 0.1) is 16.7 Å². The third kappa shape index (κ3) is 3.00. The van der Waals surface area contributed by atoms with Gasteiger partial charge in [0.25, 0.3) is 0 Å². The fourth-order valence-electron chi connectivity index (χ4n) is 1.66. The number of rotatable bonds is 6. The van der Waals surface area contributed by atoms with Gasteiger partial charge in [-0.2, -0.15) is 5.26 Å². The number of hydrogen-bond donors (Lipinski definition) is 1. The molecule has 2 nitrogen and oxygen atoms in total. The molecule has 0 aromatic carbocycles. The lowest BCUT2D eigenvalue weighted by Crippen LogP contribution is -2.33. The quantitative estimate of drug-likeness (QED) is 0.681. The molecule has 0 aromatic rings. The van der Waals surface area contributed by atoms with Crippen molar-refractivity contribution in [2.45, 2.75) is 52.0 Å². The van der Waals surface area contributed by atoms with E-state index in [9.17, 15) is 0 Å². The van der Waals surface area contributed by atoms with E-state index in [4.69, 9.17) is 5.26 Å². The Morgan fingerprint density at radius 1 is 1.46 bits per heavy atom. The van der Waals surface area contributed by atoms with Crippen molar-refractivity contribution in [2.24, 2.45) is 5.41 Å². The predicted octanol–water partition coefficient (Wildman–Crippen LogP) is 2.46. The molecule has 0 saturated heterocycles. The van der Waals surface area contributed by atoms with Crippen molar-refractivity contribution < 1.29 is 0 Å². The zero-order chi connectivity index (χ0) is 9.73. The number of nitrogens with zero attached hydrogens (tertiary/aromatic N) is 1. The van der Waals surface area contributed by atoms with Gasteiger partial charge >= 0.3 is 0 Å². The van der Waals surface area contributed by atoms with E-state index in [1.54, 1.807) is 0 Å². The topological polar surface area (TPSA) is 35.8 Å². The van der Waals surface area contributed by atoms with Gasteiger partial charge in [-0.3, -0.25) is 0 Å². The zero-order valence-corrected chi connectivity index (χ0v) is 8.77. The van der Waals surface area contributed by atoms with E-state index in [2.05, 4.69) is 25.2 Å². The summed E-state index contributed by atoms with van der Waals surface area (Å²) in [6.45, 7) is 5.52. The molecule has 1 aliphatic rings. The lowest BCUT2D eigenvalue weighted by atomic mass is 10.0. The standard InChI is InChI=1S/C11H20N2/c1-3-10(5-8-12)13-9-11(4-2)6-7-11/h10,13H,3-7,9H2,1-2H3. The number of nitriles is 1. The molecule has 1 unspecified atom stereocenters. The van der Waals surface area contributed by atoms with Crippen LogP contribution in [0.3, 0.4) is 0 Å². The summed E-state index contributed by atoms with van der Waals surface area (Å²) < 4.78 is 0. The highest BCUT2D eigenvalue weighted by Crippen LogP contribution is 2.47. The SMILES string of the molecule is CCC(CC#N)NCC1(CC)CC1. The van der Waals surface area contributed by atoms with Crippen LogP contribution in [-0.4, -0.2) is 12.6 Å². The maximum absolute atomic E-state index is 8.58. The van der Waals surface area contributed by atoms with E-state index in [1.165, 1.54) is 19.3 Å². The molecule has 1 N–H and O–H groups in total. The molecule has 0 aliphatic heterocycles. The summed E-state index contributed by atoms with van der Waals surface area (Å²) in [4.78, 5) is 0. The maximum Gasteiger partial charge on any atom is 0.0638 e. The molecule has 2 heteroatoms. The molecule has 1 fully saturated rings. The minimum absolute atomic E-state index is 0.411. The first-order valence-corrected chi connectivity index (χ1v) is 5.36. The summed E-state index contributed by atoms with van der Waals surface area (Å²) in [7, 11) is 0. The van der Waals surface area contributed by atoms with Gasteiger partial charge in [0.2, 0.25) is 0 Å². The molecule has 0 heterocycles. The Kier molecular flexibility index (Phi) is 3.74. The van der Waals surface area contributed by atoms with Gasteiger partial charge in [0.1, 0.15) is 0 Å². The van der Waals surface area contributed by atoms with Crippen LogP contribution in [0.5, 0.6) is 0 Å². The highest BCUT2D eigenvalue weighted by molar-refractivity contribution is 4.94. The van der Waals surface area contributed by atoms with Crippen LogP contribution in [0.1, 0.15) is 46.0 Å². The average molecular weight is 180 g/mol. The van der Waals surface area contributed by atoms with Crippen LogP contribution < -0.4 is 5.32 Å². The molecule has 13 heavy (non-hydrogen) atoms. The Bertz CT molecular complexity index is 189. The van der Waals surface area contributed by atoms with Gasteiger partial charge in [-0.05, 0) is 31.1 Å². The highest BCUT2D eigenvalue weighted by atomic mass is 14.9. The fraction of sp³-hybridized carbons (Fsp3) is 0.909.